The Morgan fingerprint density at radius 2 is 1.86 bits per heavy atom. The molecule has 7 nitrogen and oxygen atoms in total. The number of nitrogens with zero attached hydrogens (tertiary/aromatic N) is 5. The normalized spacial score (nSPS) is 15.8. The summed E-state index contributed by atoms with van der Waals surface area (Å²) in [6.45, 7) is 6.49. The van der Waals surface area contributed by atoms with Gasteiger partial charge in [-0.1, -0.05) is 35.5 Å². The van der Waals surface area contributed by atoms with E-state index in [1.54, 1.807) is 0 Å². The molecule has 1 amide bonds. The molecule has 28 heavy (non-hydrogen) atoms. The second-order valence-electron chi connectivity index (χ2n) is 7.34. The zero-order valence-corrected chi connectivity index (χ0v) is 16.2. The van der Waals surface area contributed by atoms with Gasteiger partial charge in [-0.15, -0.1) is 5.10 Å². The van der Waals surface area contributed by atoms with E-state index in [4.69, 9.17) is 0 Å². The fraction of sp³-hybridized carbons (Fsp3) is 0.381. The van der Waals surface area contributed by atoms with Crippen molar-refractivity contribution in [2.75, 3.05) is 46.3 Å². The molecule has 1 aliphatic heterocycles. The standard InChI is InChI=1S/C21H26N6O/c1-25-11-13-26(14-12-25)10-9-22-21(28)18-7-8-20-19(15-18)23-24-27(20)16-17-5-3-2-4-6-17/h2-8,15H,9-14,16H2,1H3,(H,22,28). The van der Waals surface area contributed by atoms with E-state index in [0.29, 0.717) is 18.7 Å². The van der Waals surface area contributed by atoms with Crippen molar-refractivity contribution in [3.63, 3.8) is 0 Å². The van der Waals surface area contributed by atoms with Crippen LogP contribution in [0.3, 0.4) is 0 Å². The molecule has 0 aliphatic carbocycles. The van der Waals surface area contributed by atoms with Gasteiger partial charge < -0.3 is 10.2 Å². The van der Waals surface area contributed by atoms with Crippen molar-refractivity contribution in [2.24, 2.45) is 0 Å². The number of hydrogen-bond acceptors (Lipinski definition) is 5. The molecule has 7 heteroatoms. The summed E-state index contributed by atoms with van der Waals surface area (Å²) in [6.07, 6.45) is 0. The van der Waals surface area contributed by atoms with Gasteiger partial charge in [-0.05, 0) is 30.8 Å². The Balaban J connectivity index is 1.36. The molecule has 0 unspecified atom stereocenters. The van der Waals surface area contributed by atoms with Crippen LogP contribution in [-0.4, -0.2) is 77.0 Å². The van der Waals surface area contributed by atoms with Gasteiger partial charge in [-0.3, -0.25) is 9.69 Å². The van der Waals surface area contributed by atoms with Crippen LogP contribution in [0.5, 0.6) is 0 Å². The Kier molecular flexibility index (Phi) is 5.64. The van der Waals surface area contributed by atoms with E-state index in [0.717, 1.165) is 43.8 Å². The molecule has 1 N–H and O–H groups in total. The van der Waals surface area contributed by atoms with Gasteiger partial charge in [0.25, 0.3) is 5.91 Å². The van der Waals surface area contributed by atoms with Gasteiger partial charge in [0.2, 0.25) is 0 Å². The van der Waals surface area contributed by atoms with Crippen LogP contribution in [0.25, 0.3) is 11.0 Å². The number of carbonyl (C=O) groups is 1. The SMILES string of the molecule is CN1CCN(CCNC(=O)c2ccc3c(c2)nnn3Cc2ccccc2)CC1. The third-order valence-corrected chi connectivity index (χ3v) is 5.26. The Hall–Kier alpha value is -2.77. The highest BCUT2D eigenvalue weighted by molar-refractivity contribution is 5.97. The van der Waals surface area contributed by atoms with E-state index in [1.807, 2.05) is 41.1 Å². The number of piperazine rings is 1. The molecule has 1 fully saturated rings. The zero-order valence-electron chi connectivity index (χ0n) is 16.2. The lowest BCUT2D eigenvalue weighted by atomic mass is 10.1. The van der Waals surface area contributed by atoms with Crippen molar-refractivity contribution in [1.82, 2.24) is 30.1 Å². The summed E-state index contributed by atoms with van der Waals surface area (Å²) in [6, 6.07) is 15.7. The fourth-order valence-corrected chi connectivity index (χ4v) is 3.49. The van der Waals surface area contributed by atoms with Crippen LogP contribution in [0.15, 0.2) is 48.5 Å². The molecule has 2 heterocycles. The maximum atomic E-state index is 12.5. The summed E-state index contributed by atoms with van der Waals surface area (Å²) >= 11 is 0. The second kappa shape index (κ2) is 8.50. The van der Waals surface area contributed by atoms with Gasteiger partial charge in [0, 0.05) is 44.8 Å². The van der Waals surface area contributed by atoms with Gasteiger partial charge in [-0.2, -0.15) is 0 Å². The Morgan fingerprint density at radius 3 is 2.64 bits per heavy atom. The van der Waals surface area contributed by atoms with Crippen LogP contribution in [0.1, 0.15) is 15.9 Å². The average molecular weight is 378 g/mol. The molecular weight excluding hydrogens is 352 g/mol. The smallest absolute Gasteiger partial charge is 0.251 e. The van der Waals surface area contributed by atoms with E-state index >= 15 is 0 Å². The van der Waals surface area contributed by atoms with E-state index in [9.17, 15) is 4.79 Å². The van der Waals surface area contributed by atoms with Crippen LogP contribution < -0.4 is 5.32 Å². The molecule has 1 aliphatic rings. The number of likely N-dealkylation sites (N-methyl/N-ethyl adjacent to an activating group) is 1. The number of nitrogens with one attached hydrogen (secondary N) is 1. The van der Waals surface area contributed by atoms with Gasteiger partial charge in [0.15, 0.2) is 0 Å². The first-order valence-electron chi connectivity index (χ1n) is 9.75. The summed E-state index contributed by atoms with van der Waals surface area (Å²) in [4.78, 5) is 17.2. The fourth-order valence-electron chi connectivity index (χ4n) is 3.49. The lowest BCUT2D eigenvalue weighted by Gasteiger charge is -2.32. The molecule has 146 valence electrons. The molecule has 0 spiro atoms. The van der Waals surface area contributed by atoms with Crippen LogP contribution in [-0.2, 0) is 6.54 Å². The van der Waals surface area contributed by atoms with Gasteiger partial charge in [0.1, 0.15) is 5.52 Å². The second-order valence-corrected chi connectivity index (χ2v) is 7.34. The molecular formula is C21H26N6O. The van der Waals surface area contributed by atoms with E-state index < -0.39 is 0 Å². The molecule has 4 rings (SSSR count). The molecule has 3 aromatic rings. The van der Waals surface area contributed by atoms with Gasteiger partial charge in [-0.25, -0.2) is 4.68 Å². The monoisotopic (exact) mass is 378 g/mol. The summed E-state index contributed by atoms with van der Waals surface area (Å²) in [5.41, 5.74) is 3.46. The maximum absolute atomic E-state index is 12.5. The molecule has 1 saturated heterocycles. The number of aromatic nitrogens is 3. The maximum Gasteiger partial charge on any atom is 0.251 e. The van der Waals surface area contributed by atoms with Crippen LogP contribution in [0, 0.1) is 0 Å². The predicted molar refractivity (Wildman–Crippen MR) is 109 cm³/mol. The summed E-state index contributed by atoms with van der Waals surface area (Å²) in [5, 5.41) is 11.5. The first-order chi connectivity index (χ1) is 13.7. The summed E-state index contributed by atoms with van der Waals surface area (Å²) in [5.74, 6) is -0.0614. The first kappa shape index (κ1) is 18.6. The molecule has 2 aromatic carbocycles. The lowest BCUT2D eigenvalue weighted by Crippen LogP contribution is -2.46. The van der Waals surface area contributed by atoms with Crippen LogP contribution in [0.4, 0.5) is 0 Å². The average Bonchev–Trinajstić information content (AvgIpc) is 3.12. The van der Waals surface area contributed by atoms with Crippen molar-refractivity contribution in [1.29, 1.82) is 0 Å². The Morgan fingerprint density at radius 1 is 1.07 bits per heavy atom. The number of rotatable bonds is 6. The molecule has 0 atom stereocenters. The van der Waals surface area contributed by atoms with Crippen molar-refractivity contribution >= 4 is 16.9 Å². The molecule has 0 saturated carbocycles. The first-order valence-corrected chi connectivity index (χ1v) is 9.75. The molecule has 0 bridgehead atoms. The van der Waals surface area contributed by atoms with Crippen molar-refractivity contribution in [2.45, 2.75) is 6.54 Å². The van der Waals surface area contributed by atoms with Crippen molar-refractivity contribution in [3.05, 3.63) is 59.7 Å². The highest BCUT2D eigenvalue weighted by Crippen LogP contribution is 2.15. The van der Waals surface area contributed by atoms with Gasteiger partial charge in [0.05, 0.1) is 12.1 Å². The van der Waals surface area contributed by atoms with Crippen molar-refractivity contribution < 1.29 is 4.79 Å². The van der Waals surface area contributed by atoms with Crippen molar-refractivity contribution in [3.8, 4) is 0 Å². The lowest BCUT2D eigenvalue weighted by molar-refractivity contribution is 0.0941. The minimum atomic E-state index is -0.0614. The third-order valence-electron chi connectivity index (χ3n) is 5.26. The Labute approximate surface area is 164 Å². The van der Waals surface area contributed by atoms with Gasteiger partial charge >= 0.3 is 0 Å². The summed E-state index contributed by atoms with van der Waals surface area (Å²) < 4.78 is 1.86. The number of hydrogen-bond donors (Lipinski definition) is 1. The third kappa shape index (κ3) is 4.37. The zero-order chi connectivity index (χ0) is 19.3. The number of benzene rings is 2. The topological polar surface area (TPSA) is 66.3 Å². The molecule has 0 radical (unpaired) electrons. The predicted octanol–water partition coefficient (Wildman–Crippen LogP) is 1.46. The summed E-state index contributed by atoms with van der Waals surface area (Å²) in [7, 11) is 2.14. The number of amides is 1. The highest BCUT2D eigenvalue weighted by Gasteiger charge is 2.14. The van der Waals surface area contributed by atoms with E-state index in [1.165, 1.54) is 5.56 Å². The Bertz CT molecular complexity index is 930. The van der Waals surface area contributed by atoms with Crippen LogP contribution >= 0.6 is 0 Å². The number of carbonyl (C=O) groups excluding carboxylic acids is 1. The quantitative estimate of drug-likeness (QED) is 0.703. The minimum absolute atomic E-state index is 0.0614. The molecule has 1 aromatic heterocycles. The minimum Gasteiger partial charge on any atom is -0.351 e. The largest absolute Gasteiger partial charge is 0.351 e. The van der Waals surface area contributed by atoms with Crippen LogP contribution in [0.2, 0.25) is 0 Å². The number of fused-ring (bicyclic) bond motifs is 1. The van der Waals surface area contributed by atoms with E-state index in [-0.39, 0.29) is 5.91 Å². The highest BCUT2D eigenvalue weighted by atomic mass is 16.1. The van der Waals surface area contributed by atoms with E-state index in [2.05, 4.69) is 44.6 Å².